The van der Waals surface area contributed by atoms with Gasteiger partial charge in [-0.05, 0) is 55.7 Å². The third-order valence-electron chi connectivity index (χ3n) is 5.91. The Kier molecular flexibility index (Phi) is 9.19. The maximum atomic E-state index is 12.8. The molecule has 0 spiro atoms. The van der Waals surface area contributed by atoms with Gasteiger partial charge in [0.25, 0.3) is 0 Å². The Hall–Kier alpha value is -3.46. The summed E-state index contributed by atoms with van der Waals surface area (Å²) in [7, 11) is 3.09. The molecule has 188 valence electrons. The Morgan fingerprint density at radius 1 is 1.09 bits per heavy atom. The average Bonchev–Trinajstić information content (AvgIpc) is 2.87. The maximum absolute atomic E-state index is 12.8. The number of benzene rings is 2. The van der Waals surface area contributed by atoms with E-state index in [1.54, 1.807) is 37.1 Å². The van der Waals surface area contributed by atoms with Crippen LogP contribution in [0.25, 0.3) is 0 Å². The molecule has 10 heteroatoms. The summed E-state index contributed by atoms with van der Waals surface area (Å²) in [5, 5.41) is 8.72. The molecule has 2 aromatic carbocycles. The van der Waals surface area contributed by atoms with Crippen molar-refractivity contribution in [3.63, 3.8) is 0 Å². The van der Waals surface area contributed by atoms with E-state index < -0.39 is 12.1 Å². The van der Waals surface area contributed by atoms with Crippen LogP contribution in [0.4, 0.5) is 10.5 Å². The molecule has 1 aliphatic heterocycles. The Morgan fingerprint density at radius 3 is 2.51 bits per heavy atom. The molecule has 3 rings (SSSR count). The number of rotatable bonds is 8. The van der Waals surface area contributed by atoms with Gasteiger partial charge in [0.15, 0.2) is 0 Å². The number of carbonyl (C=O) groups excluding carboxylic acids is 3. The largest absolute Gasteiger partial charge is 0.497 e. The zero-order chi connectivity index (χ0) is 25.4. The molecule has 0 saturated carbocycles. The summed E-state index contributed by atoms with van der Waals surface area (Å²) in [6.07, 6.45) is 1.13. The highest BCUT2D eigenvalue weighted by Gasteiger charge is 2.30. The van der Waals surface area contributed by atoms with Gasteiger partial charge in [-0.25, -0.2) is 4.79 Å². The second kappa shape index (κ2) is 12.3. The number of hydrogen-bond donors (Lipinski definition) is 3. The summed E-state index contributed by atoms with van der Waals surface area (Å²) >= 11 is 5.99. The second-order valence-corrected chi connectivity index (χ2v) is 8.77. The van der Waals surface area contributed by atoms with Crippen molar-refractivity contribution in [3.05, 3.63) is 53.1 Å². The normalized spacial score (nSPS) is 14.6. The first-order valence-corrected chi connectivity index (χ1v) is 11.8. The standard InChI is InChI=1S/C25H31ClN4O5/c1-16(28-25(33)29-21-14-19(26)7-8-22(21)35-3)24(32)30-11-9-18(10-12-30)23(31)27-15-17-5-4-6-20(13-17)34-2/h4-8,13-14,16,18H,9-12,15H2,1-3H3,(H,27,31)(H2,28,29,33)/t16-/m0/s1. The fourth-order valence-corrected chi connectivity index (χ4v) is 4.12. The van der Waals surface area contributed by atoms with Gasteiger partial charge in [-0.2, -0.15) is 0 Å². The van der Waals surface area contributed by atoms with Gasteiger partial charge in [0, 0.05) is 30.6 Å². The number of piperidine rings is 1. The van der Waals surface area contributed by atoms with Crippen molar-refractivity contribution in [2.45, 2.75) is 32.4 Å². The van der Waals surface area contributed by atoms with E-state index in [4.69, 9.17) is 21.1 Å². The van der Waals surface area contributed by atoms with Crippen LogP contribution in [-0.4, -0.2) is 56.1 Å². The highest BCUT2D eigenvalue weighted by Crippen LogP contribution is 2.27. The van der Waals surface area contributed by atoms with Gasteiger partial charge >= 0.3 is 6.03 Å². The Bertz CT molecular complexity index is 1060. The van der Waals surface area contributed by atoms with Gasteiger partial charge in [0.2, 0.25) is 11.8 Å². The SMILES string of the molecule is COc1cccc(CNC(=O)C2CCN(C(=O)[C@H](C)NC(=O)Nc3cc(Cl)ccc3OC)CC2)c1. The minimum Gasteiger partial charge on any atom is -0.497 e. The van der Waals surface area contributed by atoms with E-state index in [2.05, 4.69) is 16.0 Å². The Balaban J connectivity index is 1.44. The van der Waals surface area contributed by atoms with Crippen molar-refractivity contribution in [2.75, 3.05) is 32.6 Å². The predicted octanol–water partition coefficient (Wildman–Crippen LogP) is 3.42. The number of methoxy groups -OCH3 is 2. The van der Waals surface area contributed by atoms with Gasteiger partial charge in [0.05, 0.1) is 19.9 Å². The molecule has 35 heavy (non-hydrogen) atoms. The monoisotopic (exact) mass is 502 g/mol. The number of ether oxygens (including phenoxy) is 2. The first kappa shape index (κ1) is 26.2. The molecule has 1 saturated heterocycles. The zero-order valence-corrected chi connectivity index (χ0v) is 20.9. The lowest BCUT2D eigenvalue weighted by Crippen LogP contribution is -2.51. The number of carbonyl (C=O) groups is 3. The van der Waals surface area contributed by atoms with Crippen LogP contribution >= 0.6 is 11.6 Å². The lowest BCUT2D eigenvalue weighted by atomic mass is 9.95. The van der Waals surface area contributed by atoms with Crippen LogP contribution in [0.3, 0.4) is 0 Å². The van der Waals surface area contributed by atoms with Gasteiger partial charge < -0.3 is 30.3 Å². The number of anilines is 1. The van der Waals surface area contributed by atoms with Gasteiger partial charge in [-0.15, -0.1) is 0 Å². The minimum atomic E-state index is -0.737. The third kappa shape index (κ3) is 7.26. The van der Waals surface area contributed by atoms with Gasteiger partial charge in [-0.1, -0.05) is 23.7 Å². The second-order valence-electron chi connectivity index (χ2n) is 8.33. The van der Waals surface area contributed by atoms with Crippen LogP contribution in [-0.2, 0) is 16.1 Å². The summed E-state index contributed by atoms with van der Waals surface area (Å²) in [5.74, 6) is 0.808. The molecule has 0 aromatic heterocycles. The number of nitrogens with one attached hydrogen (secondary N) is 3. The first-order valence-electron chi connectivity index (χ1n) is 11.4. The zero-order valence-electron chi connectivity index (χ0n) is 20.1. The van der Waals surface area contributed by atoms with Gasteiger partial charge in [0.1, 0.15) is 17.5 Å². The van der Waals surface area contributed by atoms with E-state index in [1.165, 1.54) is 7.11 Å². The molecule has 1 aliphatic rings. The number of nitrogens with zero attached hydrogens (tertiary/aromatic N) is 1. The van der Waals surface area contributed by atoms with E-state index >= 15 is 0 Å². The fourth-order valence-electron chi connectivity index (χ4n) is 3.95. The quantitative estimate of drug-likeness (QED) is 0.512. The van der Waals surface area contributed by atoms with Crippen molar-refractivity contribution in [3.8, 4) is 11.5 Å². The molecule has 4 amide bonds. The van der Waals surface area contributed by atoms with Crippen molar-refractivity contribution in [2.24, 2.45) is 5.92 Å². The summed E-state index contributed by atoms with van der Waals surface area (Å²) < 4.78 is 10.4. The molecular formula is C25H31ClN4O5. The summed E-state index contributed by atoms with van der Waals surface area (Å²) in [4.78, 5) is 39.5. The Morgan fingerprint density at radius 2 is 1.83 bits per heavy atom. The number of amides is 4. The molecule has 3 N–H and O–H groups in total. The van der Waals surface area contributed by atoms with Crippen LogP contribution < -0.4 is 25.4 Å². The average molecular weight is 503 g/mol. The molecule has 0 bridgehead atoms. The van der Waals surface area contributed by atoms with E-state index in [-0.39, 0.29) is 17.7 Å². The summed E-state index contributed by atoms with van der Waals surface area (Å²) in [6.45, 7) is 2.95. The highest BCUT2D eigenvalue weighted by molar-refractivity contribution is 6.31. The molecule has 1 atom stereocenters. The minimum absolute atomic E-state index is 0.0269. The van der Waals surface area contributed by atoms with Crippen LogP contribution in [0.5, 0.6) is 11.5 Å². The predicted molar refractivity (Wildman–Crippen MR) is 134 cm³/mol. The lowest BCUT2D eigenvalue weighted by molar-refractivity contribution is -0.136. The van der Waals surface area contributed by atoms with Crippen molar-refractivity contribution in [1.29, 1.82) is 0 Å². The molecule has 0 radical (unpaired) electrons. The highest BCUT2D eigenvalue weighted by atomic mass is 35.5. The van der Waals surface area contributed by atoms with E-state index in [0.29, 0.717) is 48.9 Å². The molecule has 1 heterocycles. The molecule has 9 nitrogen and oxygen atoms in total. The van der Waals surface area contributed by atoms with E-state index in [0.717, 1.165) is 11.3 Å². The van der Waals surface area contributed by atoms with Crippen molar-refractivity contribution in [1.82, 2.24) is 15.5 Å². The van der Waals surface area contributed by atoms with Crippen LogP contribution in [0.1, 0.15) is 25.3 Å². The van der Waals surface area contributed by atoms with E-state index in [9.17, 15) is 14.4 Å². The third-order valence-corrected chi connectivity index (χ3v) is 6.14. The molecule has 2 aromatic rings. The number of hydrogen-bond acceptors (Lipinski definition) is 5. The summed E-state index contributed by atoms with van der Waals surface area (Å²) in [5.41, 5.74) is 1.36. The number of urea groups is 1. The van der Waals surface area contributed by atoms with Crippen LogP contribution in [0, 0.1) is 5.92 Å². The molecular weight excluding hydrogens is 472 g/mol. The topological polar surface area (TPSA) is 109 Å². The molecule has 1 fully saturated rings. The van der Waals surface area contributed by atoms with Crippen molar-refractivity contribution < 1.29 is 23.9 Å². The maximum Gasteiger partial charge on any atom is 0.319 e. The number of likely N-dealkylation sites (tertiary alicyclic amines) is 1. The first-order chi connectivity index (χ1) is 16.8. The summed E-state index contributed by atoms with van der Waals surface area (Å²) in [6, 6.07) is 11.1. The smallest absolute Gasteiger partial charge is 0.319 e. The van der Waals surface area contributed by atoms with E-state index in [1.807, 2.05) is 24.3 Å². The van der Waals surface area contributed by atoms with Crippen LogP contribution in [0.2, 0.25) is 5.02 Å². The Labute approximate surface area is 210 Å². The lowest BCUT2D eigenvalue weighted by Gasteiger charge is -2.33. The van der Waals surface area contributed by atoms with Gasteiger partial charge in [-0.3, -0.25) is 9.59 Å². The number of halogens is 1. The fraction of sp³-hybridized carbons (Fsp3) is 0.400. The molecule has 0 unspecified atom stereocenters. The molecule has 0 aliphatic carbocycles. The van der Waals surface area contributed by atoms with Crippen LogP contribution in [0.15, 0.2) is 42.5 Å². The van der Waals surface area contributed by atoms with Crippen molar-refractivity contribution >= 4 is 35.1 Å².